The maximum absolute atomic E-state index is 8.82. The Kier molecular flexibility index (Phi) is 14.9. The van der Waals surface area contributed by atoms with Gasteiger partial charge in [0.1, 0.15) is 5.75 Å². The maximum Gasteiger partial charge on any atom is 0.391 e. The summed E-state index contributed by atoms with van der Waals surface area (Å²) in [7, 11) is -2.31. The fraction of sp³-hybridized carbons (Fsp3) is 0.727. The minimum absolute atomic E-state index is 0.519. The van der Waals surface area contributed by atoms with Gasteiger partial charge in [0, 0.05) is 0 Å². The second-order valence-electron chi connectivity index (χ2n) is 7.33. The van der Waals surface area contributed by atoms with Gasteiger partial charge in [-0.05, 0) is 30.5 Å². The van der Waals surface area contributed by atoms with Crippen LogP contribution >= 0.6 is 8.60 Å². The molecule has 0 aliphatic heterocycles. The van der Waals surface area contributed by atoms with Crippen LogP contribution in [0, 0.1) is 0 Å². The lowest BCUT2D eigenvalue weighted by Crippen LogP contribution is -1.88. The minimum Gasteiger partial charge on any atom is -0.427 e. The van der Waals surface area contributed by atoms with Crippen molar-refractivity contribution in [2.24, 2.45) is 0 Å². The Labute approximate surface area is 162 Å². The molecule has 26 heavy (non-hydrogen) atoms. The first-order valence-electron chi connectivity index (χ1n) is 10.7. The van der Waals surface area contributed by atoms with Crippen LogP contribution in [-0.4, -0.2) is 9.79 Å². The van der Waals surface area contributed by atoms with Crippen LogP contribution in [0.15, 0.2) is 24.3 Å². The number of hydrogen-bond acceptors (Lipinski definition) is 3. The van der Waals surface area contributed by atoms with Crippen molar-refractivity contribution in [3.8, 4) is 5.75 Å². The molecule has 0 heterocycles. The fourth-order valence-electron chi connectivity index (χ4n) is 3.33. The van der Waals surface area contributed by atoms with E-state index in [0.29, 0.717) is 5.75 Å². The number of hydrogen-bond donors (Lipinski definition) is 2. The number of aryl methyl sites for hydroxylation is 1. The van der Waals surface area contributed by atoms with Gasteiger partial charge in [-0.2, -0.15) is 0 Å². The molecule has 2 N–H and O–H groups in total. The Bertz CT molecular complexity index is 420. The second-order valence-corrected chi connectivity index (χ2v) is 8.02. The molecule has 0 aliphatic rings. The largest absolute Gasteiger partial charge is 0.427 e. The summed E-state index contributed by atoms with van der Waals surface area (Å²) in [6.45, 7) is 2.28. The molecule has 0 bridgehead atoms. The highest BCUT2D eigenvalue weighted by atomic mass is 31.2. The van der Waals surface area contributed by atoms with E-state index in [4.69, 9.17) is 14.3 Å². The summed E-state index contributed by atoms with van der Waals surface area (Å²) in [6.07, 6.45) is 20.5. The molecule has 0 saturated carbocycles. The highest BCUT2D eigenvalue weighted by Gasteiger charge is 2.02. The summed E-state index contributed by atoms with van der Waals surface area (Å²) >= 11 is 0. The summed E-state index contributed by atoms with van der Waals surface area (Å²) in [4.78, 5) is 17.6. The van der Waals surface area contributed by atoms with Crippen molar-refractivity contribution in [1.29, 1.82) is 0 Å². The average molecular weight is 383 g/mol. The lowest BCUT2D eigenvalue weighted by molar-refractivity contribution is 0.375. The molecule has 3 nitrogen and oxygen atoms in total. The van der Waals surface area contributed by atoms with E-state index in [1.165, 1.54) is 95.5 Å². The van der Waals surface area contributed by atoms with Crippen LogP contribution in [0.3, 0.4) is 0 Å². The van der Waals surface area contributed by atoms with Crippen LogP contribution in [0.4, 0.5) is 0 Å². The van der Waals surface area contributed by atoms with Crippen LogP contribution in [0.2, 0.25) is 0 Å². The standard InChI is InChI=1S/C22H39O3P/c1-2-3-4-5-6-7-8-9-10-11-12-13-14-15-16-21-17-19-22(20-18-21)25-26(23)24/h17-20,23-24H,2-16H2,1H3. The quantitative estimate of drug-likeness (QED) is 0.219. The van der Waals surface area contributed by atoms with E-state index in [1.54, 1.807) is 12.1 Å². The normalized spacial score (nSPS) is 11.2. The number of rotatable bonds is 17. The van der Waals surface area contributed by atoms with E-state index >= 15 is 0 Å². The maximum atomic E-state index is 8.82. The van der Waals surface area contributed by atoms with E-state index in [9.17, 15) is 0 Å². The zero-order valence-electron chi connectivity index (χ0n) is 16.7. The van der Waals surface area contributed by atoms with Gasteiger partial charge in [0.2, 0.25) is 0 Å². The molecule has 1 aromatic rings. The van der Waals surface area contributed by atoms with Gasteiger partial charge in [-0.1, -0.05) is 103 Å². The van der Waals surface area contributed by atoms with Crippen molar-refractivity contribution in [3.05, 3.63) is 29.8 Å². The van der Waals surface area contributed by atoms with Gasteiger partial charge >= 0.3 is 8.60 Å². The molecule has 0 fully saturated rings. The van der Waals surface area contributed by atoms with E-state index in [0.717, 1.165) is 6.42 Å². The molecule has 0 amide bonds. The Morgan fingerprint density at radius 3 is 1.50 bits per heavy atom. The molecular formula is C22H39O3P. The highest BCUT2D eigenvalue weighted by molar-refractivity contribution is 7.39. The van der Waals surface area contributed by atoms with Crippen molar-refractivity contribution in [2.75, 3.05) is 0 Å². The second kappa shape index (κ2) is 16.5. The summed E-state index contributed by atoms with van der Waals surface area (Å²) in [6, 6.07) is 7.63. The molecule has 0 aromatic heterocycles. The van der Waals surface area contributed by atoms with Gasteiger partial charge in [0.05, 0.1) is 0 Å². The summed E-state index contributed by atoms with van der Waals surface area (Å²) in [5, 5.41) is 0. The highest BCUT2D eigenvalue weighted by Crippen LogP contribution is 2.28. The van der Waals surface area contributed by atoms with E-state index in [2.05, 4.69) is 6.92 Å². The lowest BCUT2D eigenvalue weighted by atomic mass is 10.0. The Hall–Kier alpha value is -0.630. The molecule has 1 rings (SSSR count). The van der Waals surface area contributed by atoms with E-state index < -0.39 is 8.60 Å². The SMILES string of the molecule is CCCCCCCCCCCCCCCCc1ccc(OP(O)O)cc1. The van der Waals surface area contributed by atoms with Gasteiger partial charge in [0.15, 0.2) is 0 Å². The van der Waals surface area contributed by atoms with Crippen LogP contribution in [0.25, 0.3) is 0 Å². The fourth-order valence-corrected chi connectivity index (χ4v) is 3.65. The number of benzene rings is 1. The molecule has 4 heteroatoms. The third kappa shape index (κ3) is 13.6. The summed E-state index contributed by atoms with van der Waals surface area (Å²) in [5.41, 5.74) is 1.29. The van der Waals surface area contributed by atoms with Crippen LogP contribution in [0.5, 0.6) is 5.75 Å². The molecule has 150 valence electrons. The predicted molar refractivity (Wildman–Crippen MR) is 112 cm³/mol. The average Bonchev–Trinajstić information content (AvgIpc) is 2.63. The van der Waals surface area contributed by atoms with Crippen molar-refractivity contribution in [3.63, 3.8) is 0 Å². The van der Waals surface area contributed by atoms with Gasteiger partial charge in [0.25, 0.3) is 0 Å². The summed E-state index contributed by atoms with van der Waals surface area (Å²) < 4.78 is 4.87. The van der Waals surface area contributed by atoms with Crippen molar-refractivity contribution in [1.82, 2.24) is 0 Å². The van der Waals surface area contributed by atoms with Gasteiger partial charge in [-0.3, -0.25) is 0 Å². The van der Waals surface area contributed by atoms with Crippen LogP contribution in [0.1, 0.15) is 102 Å². The molecule has 0 unspecified atom stereocenters. The molecule has 0 radical (unpaired) electrons. The van der Waals surface area contributed by atoms with Crippen molar-refractivity contribution >= 4 is 8.60 Å². The molecule has 1 aromatic carbocycles. The third-order valence-corrected chi connectivity index (χ3v) is 5.30. The zero-order chi connectivity index (χ0) is 18.9. The van der Waals surface area contributed by atoms with Gasteiger partial charge in [-0.15, -0.1) is 0 Å². The van der Waals surface area contributed by atoms with Crippen LogP contribution < -0.4 is 4.52 Å². The predicted octanol–water partition coefficient (Wildman–Crippen LogP) is 7.30. The van der Waals surface area contributed by atoms with Crippen molar-refractivity contribution < 1.29 is 14.3 Å². The first kappa shape index (κ1) is 23.4. The zero-order valence-corrected chi connectivity index (χ0v) is 17.6. The Morgan fingerprint density at radius 1 is 0.654 bits per heavy atom. The molecule has 0 saturated heterocycles. The smallest absolute Gasteiger partial charge is 0.391 e. The topological polar surface area (TPSA) is 49.7 Å². The number of unbranched alkanes of at least 4 members (excludes halogenated alkanes) is 13. The first-order chi connectivity index (χ1) is 12.7. The monoisotopic (exact) mass is 382 g/mol. The molecule has 0 atom stereocenters. The molecule has 0 aliphatic carbocycles. The third-order valence-electron chi connectivity index (χ3n) is 4.93. The van der Waals surface area contributed by atoms with Gasteiger partial charge in [-0.25, -0.2) is 0 Å². The van der Waals surface area contributed by atoms with E-state index in [-0.39, 0.29) is 0 Å². The molecule has 0 spiro atoms. The summed E-state index contributed by atoms with van der Waals surface area (Å²) in [5.74, 6) is 0.519. The molecular weight excluding hydrogens is 343 g/mol. The minimum atomic E-state index is -2.31. The Morgan fingerprint density at radius 2 is 1.08 bits per heavy atom. The lowest BCUT2D eigenvalue weighted by Gasteiger charge is -2.06. The van der Waals surface area contributed by atoms with Gasteiger partial charge < -0.3 is 14.3 Å². The Balaban J connectivity index is 1.86. The first-order valence-corrected chi connectivity index (χ1v) is 11.8. The van der Waals surface area contributed by atoms with Crippen molar-refractivity contribution in [2.45, 2.75) is 103 Å². The van der Waals surface area contributed by atoms with E-state index in [1.807, 2.05) is 12.1 Å². The van der Waals surface area contributed by atoms with Crippen LogP contribution in [-0.2, 0) is 6.42 Å².